The summed E-state index contributed by atoms with van der Waals surface area (Å²) in [5.41, 5.74) is 2.83. The Morgan fingerprint density at radius 3 is 2.63 bits per heavy atom. The van der Waals surface area contributed by atoms with Gasteiger partial charge in [0.1, 0.15) is 16.5 Å². The Morgan fingerprint density at radius 1 is 1.20 bits per heavy atom. The molecule has 1 aliphatic heterocycles. The number of anilines is 2. The molecule has 1 saturated heterocycles. The van der Waals surface area contributed by atoms with Crippen LogP contribution in [-0.4, -0.2) is 35.2 Å². The van der Waals surface area contributed by atoms with Gasteiger partial charge in [-0.15, -0.1) is 0 Å². The van der Waals surface area contributed by atoms with Crippen LogP contribution >= 0.6 is 11.6 Å². The molecule has 154 valence electrons. The van der Waals surface area contributed by atoms with E-state index in [0.29, 0.717) is 41.3 Å². The van der Waals surface area contributed by atoms with Crippen LogP contribution in [0.15, 0.2) is 48.5 Å². The Balaban J connectivity index is 1.60. The van der Waals surface area contributed by atoms with Crippen molar-refractivity contribution in [3.63, 3.8) is 0 Å². The largest absolute Gasteiger partial charge is 0.494 e. The van der Waals surface area contributed by atoms with Crippen LogP contribution in [0.4, 0.5) is 11.4 Å². The summed E-state index contributed by atoms with van der Waals surface area (Å²) >= 11 is 6.48. The number of halogens is 1. The summed E-state index contributed by atoms with van der Waals surface area (Å²) in [6.07, 6.45) is 1.36. The summed E-state index contributed by atoms with van der Waals surface area (Å²) in [6, 6.07) is 14.6. The summed E-state index contributed by atoms with van der Waals surface area (Å²) in [4.78, 5) is 26.7. The number of rotatable bonds is 5. The minimum atomic E-state index is -0.369. The summed E-state index contributed by atoms with van der Waals surface area (Å²) in [7, 11) is 1.54. The third-order valence-electron chi connectivity index (χ3n) is 5.03. The van der Waals surface area contributed by atoms with Crippen LogP contribution in [-0.2, 0) is 4.79 Å². The molecule has 0 radical (unpaired) electrons. The predicted molar refractivity (Wildman–Crippen MR) is 116 cm³/mol. The van der Waals surface area contributed by atoms with Gasteiger partial charge in [0.05, 0.1) is 24.2 Å². The van der Waals surface area contributed by atoms with E-state index in [-0.39, 0.29) is 17.0 Å². The van der Waals surface area contributed by atoms with Crippen molar-refractivity contribution in [1.82, 2.24) is 9.78 Å². The molecule has 1 aromatic heterocycles. The van der Waals surface area contributed by atoms with E-state index in [4.69, 9.17) is 16.3 Å². The van der Waals surface area contributed by atoms with Crippen molar-refractivity contribution >= 4 is 34.8 Å². The zero-order valence-electron chi connectivity index (χ0n) is 16.7. The Hall–Kier alpha value is -3.32. The smallest absolute Gasteiger partial charge is 0.260 e. The molecule has 0 aliphatic carbocycles. The number of carbonyl (C=O) groups is 2. The van der Waals surface area contributed by atoms with E-state index < -0.39 is 0 Å². The van der Waals surface area contributed by atoms with E-state index in [2.05, 4.69) is 10.4 Å². The van der Waals surface area contributed by atoms with Gasteiger partial charge in [-0.25, -0.2) is 4.68 Å². The number of methoxy groups -OCH3 is 1. The summed E-state index contributed by atoms with van der Waals surface area (Å²) in [5, 5.41) is 7.49. The lowest BCUT2D eigenvalue weighted by molar-refractivity contribution is -0.117. The number of ether oxygens (including phenoxy) is 1. The first kappa shape index (κ1) is 20.0. The standard InChI is InChI=1S/C22H21ClN4O3/c1-14-20(21(23)27(25-14)16-7-4-3-5-8-16)22(29)24-15-10-11-17(18(13-15)30-2)26-12-6-9-19(26)28/h3-5,7-8,10-11,13H,6,9,12H2,1-2H3,(H,24,29). The first-order valence-electron chi connectivity index (χ1n) is 9.60. The van der Waals surface area contributed by atoms with Gasteiger partial charge in [0, 0.05) is 24.7 Å². The summed E-state index contributed by atoms with van der Waals surface area (Å²) in [6.45, 7) is 2.40. The number of benzene rings is 2. The van der Waals surface area contributed by atoms with Gasteiger partial charge < -0.3 is 15.0 Å². The number of nitrogens with one attached hydrogen (secondary N) is 1. The third kappa shape index (κ3) is 3.64. The first-order valence-corrected chi connectivity index (χ1v) is 9.97. The van der Waals surface area contributed by atoms with E-state index in [9.17, 15) is 9.59 Å². The van der Waals surface area contributed by atoms with E-state index >= 15 is 0 Å². The van der Waals surface area contributed by atoms with Gasteiger partial charge in [0.15, 0.2) is 0 Å². The third-order valence-corrected chi connectivity index (χ3v) is 5.38. The van der Waals surface area contributed by atoms with Gasteiger partial charge in [-0.05, 0) is 37.6 Å². The zero-order chi connectivity index (χ0) is 21.3. The minimum absolute atomic E-state index is 0.0702. The van der Waals surface area contributed by atoms with Gasteiger partial charge in [-0.2, -0.15) is 5.10 Å². The van der Waals surface area contributed by atoms with Gasteiger partial charge in [-0.3, -0.25) is 9.59 Å². The lowest BCUT2D eigenvalue weighted by Crippen LogP contribution is -2.24. The summed E-state index contributed by atoms with van der Waals surface area (Å²) in [5.74, 6) is 0.221. The number of hydrogen-bond acceptors (Lipinski definition) is 4. The highest BCUT2D eigenvalue weighted by atomic mass is 35.5. The maximum absolute atomic E-state index is 12.9. The molecule has 0 saturated carbocycles. The number of carbonyl (C=O) groups excluding carboxylic acids is 2. The van der Waals surface area contributed by atoms with Crippen LogP contribution < -0.4 is 15.0 Å². The van der Waals surface area contributed by atoms with Gasteiger partial charge in [0.2, 0.25) is 5.91 Å². The molecular formula is C22H21ClN4O3. The molecule has 1 aliphatic rings. The highest BCUT2D eigenvalue weighted by Crippen LogP contribution is 2.34. The molecule has 1 N–H and O–H groups in total. The number of nitrogens with zero attached hydrogens (tertiary/aromatic N) is 3. The molecule has 4 rings (SSSR count). The molecule has 2 aromatic carbocycles. The Labute approximate surface area is 179 Å². The molecule has 0 atom stereocenters. The Bertz CT molecular complexity index is 1110. The van der Waals surface area contributed by atoms with E-state index in [1.54, 1.807) is 30.0 Å². The molecule has 3 aromatic rings. The maximum Gasteiger partial charge on any atom is 0.260 e. The van der Waals surface area contributed by atoms with Crippen molar-refractivity contribution in [2.75, 3.05) is 23.9 Å². The fourth-order valence-corrected chi connectivity index (χ4v) is 3.93. The lowest BCUT2D eigenvalue weighted by Gasteiger charge is -2.19. The minimum Gasteiger partial charge on any atom is -0.494 e. The highest BCUT2D eigenvalue weighted by molar-refractivity contribution is 6.34. The van der Waals surface area contributed by atoms with Crippen molar-refractivity contribution in [2.24, 2.45) is 0 Å². The van der Waals surface area contributed by atoms with Crippen molar-refractivity contribution < 1.29 is 14.3 Å². The molecule has 30 heavy (non-hydrogen) atoms. The second kappa shape index (κ2) is 8.20. The van der Waals surface area contributed by atoms with Crippen LogP contribution in [0.1, 0.15) is 28.9 Å². The van der Waals surface area contributed by atoms with E-state index in [1.165, 1.54) is 11.8 Å². The average molecular weight is 425 g/mol. The van der Waals surface area contributed by atoms with Crippen LogP contribution in [0.5, 0.6) is 5.75 Å². The zero-order valence-corrected chi connectivity index (χ0v) is 17.4. The topological polar surface area (TPSA) is 76.5 Å². The molecule has 2 amide bonds. The molecule has 0 spiro atoms. The van der Waals surface area contributed by atoms with E-state index in [0.717, 1.165) is 12.1 Å². The average Bonchev–Trinajstić information content (AvgIpc) is 3.30. The molecule has 2 heterocycles. The lowest BCUT2D eigenvalue weighted by atomic mass is 10.2. The quantitative estimate of drug-likeness (QED) is 0.665. The number of para-hydroxylation sites is 1. The number of hydrogen-bond donors (Lipinski definition) is 1. The molecule has 0 unspecified atom stereocenters. The van der Waals surface area contributed by atoms with Crippen molar-refractivity contribution in [1.29, 1.82) is 0 Å². The van der Waals surface area contributed by atoms with Gasteiger partial charge in [0.25, 0.3) is 5.91 Å². The fraction of sp³-hybridized carbons (Fsp3) is 0.227. The molecule has 1 fully saturated rings. The van der Waals surface area contributed by atoms with Gasteiger partial charge in [-0.1, -0.05) is 29.8 Å². The molecular weight excluding hydrogens is 404 g/mol. The van der Waals surface area contributed by atoms with Crippen molar-refractivity contribution in [2.45, 2.75) is 19.8 Å². The predicted octanol–water partition coefficient (Wildman–Crippen LogP) is 4.22. The Kier molecular flexibility index (Phi) is 5.46. The maximum atomic E-state index is 12.9. The highest BCUT2D eigenvalue weighted by Gasteiger charge is 2.25. The van der Waals surface area contributed by atoms with Crippen LogP contribution in [0, 0.1) is 6.92 Å². The Morgan fingerprint density at radius 2 is 1.97 bits per heavy atom. The van der Waals surface area contributed by atoms with Crippen molar-refractivity contribution in [3.05, 3.63) is 64.9 Å². The number of aryl methyl sites for hydroxylation is 1. The first-order chi connectivity index (χ1) is 14.5. The SMILES string of the molecule is COc1cc(NC(=O)c2c(C)nn(-c3ccccc3)c2Cl)ccc1N1CCCC1=O. The van der Waals surface area contributed by atoms with Crippen molar-refractivity contribution in [3.8, 4) is 11.4 Å². The molecule has 7 nitrogen and oxygen atoms in total. The number of aromatic nitrogens is 2. The fourth-order valence-electron chi connectivity index (χ4n) is 3.57. The normalized spacial score (nSPS) is 13.6. The van der Waals surface area contributed by atoms with Gasteiger partial charge >= 0.3 is 0 Å². The summed E-state index contributed by atoms with van der Waals surface area (Å²) < 4.78 is 6.99. The van der Waals surface area contributed by atoms with Crippen LogP contribution in [0.25, 0.3) is 5.69 Å². The van der Waals surface area contributed by atoms with Crippen LogP contribution in [0.3, 0.4) is 0 Å². The number of amides is 2. The van der Waals surface area contributed by atoms with Crippen LogP contribution in [0.2, 0.25) is 5.15 Å². The van der Waals surface area contributed by atoms with E-state index in [1.807, 2.05) is 30.3 Å². The monoisotopic (exact) mass is 424 g/mol. The second-order valence-corrected chi connectivity index (χ2v) is 7.35. The molecule has 0 bridgehead atoms. The second-order valence-electron chi connectivity index (χ2n) is 6.99. The molecule has 8 heteroatoms.